The molecule has 0 amide bonds. The van der Waals surface area contributed by atoms with E-state index in [0.29, 0.717) is 12.1 Å². The van der Waals surface area contributed by atoms with Crippen molar-refractivity contribution < 1.29 is 13.2 Å². The molecule has 0 radical (unpaired) electrons. The van der Waals surface area contributed by atoms with Gasteiger partial charge in [-0.3, -0.25) is 0 Å². The molecule has 1 saturated carbocycles. The molecule has 1 aromatic rings. The van der Waals surface area contributed by atoms with Crippen molar-refractivity contribution >= 4 is 0 Å². The Labute approximate surface area is 86.3 Å². The Morgan fingerprint density at radius 3 is 2.20 bits per heavy atom. The van der Waals surface area contributed by atoms with Crippen LogP contribution in [-0.4, -0.2) is 5.54 Å². The summed E-state index contributed by atoms with van der Waals surface area (Å²) in [5.74, 6) is -3.67. The van der Waals surface area contributed by atoms with Crippen LogP contribution in [0.3, 0.4) is 0 Å². The van der Waals surface area contributed by atoms with Gasteiger partial charge in [-0.15, -0.1) is 0 Å². The standard InChI is InChI=1S/C11H12F3N/c1-11(2-3-11)15-6-7-4-8(12)10(14)9(13)5-7/h4-5,15H,2-3,6H2,1H3. The van der Waals surface area contributed by atoms with Gasteiger partial charge in [0.2, 0.25) is 0 Å². The summed E-state index contributed by atoms with van der Waals surface area (Å²) in [6, 6.07) is 2.05. The normalized spacial score (nSPS) is 17.9. The Hall–Kier alpha value is -1.03. The molecule has 0 aromatic heterocycles. The number of nitrogens with one attached hydrogen (secondary N) is 1. The third-order valence-corrected chi connectivity index (χ3v) is 2.76. The van der Waals surface area contributed by atoms with Crippen LogP contribution in [0.2, 0.25) is 0 Å². The molecule has 0 heterocycles. The maximum atomic E-state index is 12.8. The average molecular weight is 215 g/mol. The smallest absolute Gasteiger partial charge is 0.194 e. The lowest BCUT2D eigenvalue weighted by Crippen LogP contribution is -2.27. The van der Waals surface area contributed by atoms with E-state index in [1.165, 1.54) is 0 Å². The van der Waals surface area contributed by atoms with Gasteiger partial charge in [0.25, 0.3) is 0 Å². The van der Waals surface area contributed by atoms with Crippen molar-refractivity contribution in [1.29, 1.82) is 0 Å². The van der Waals surface area contributed by atoms with Crippen molar-refractivity contribution in [2.24, 2.45) is 0 Å². The average Bonchev–Trinajstić information content (AvgIpc) is 2.90. The number of benzene rings is 1. The summed E-state index contributed by atoms with van der Waals surface area (Å²) in [6.45, 7) is 2.41. The van der Waals surface area contributed by atoms with Gasteiger partial charge in [0.15, 0.2) is 17.5 Å². The van der Waals surface area contributed by atoms with Gasteiger partial charge in [-0.2, -0.15) is 0 Å². The van der Waals surface area contributed by atoms with Gasteiger partial charge in [0.1, 0.15) is 0 Å². The number of hydrogen-bond donors (Lipinski definition) is 1. The van der Waals surface area contributed by atoms with Crippen molar-refractivity contribution in [2.75, 3.05) is 0 Å². The Balaban J connectivity index is 2.08. The number of halogens is 3. The van der Waals surface area contributed by atoms with E-state index in [4.69, 9.17) is 0 Å². The fraction of sp³-hybridized carbons (Fsp3) is 0.455. The van der Waals surface area contributed by atoms with Gasteiger partial charge in [-0.25, -0.2) is 13.2 Å². The van der Waals surface area contributed by atoms with Crippen LogP contribution in [-0.2, 0) is 6.54 Å². The lowest BCUT2D eigenvalue weighted by Gasteiger charge is -2.11. The van der Waals surface area contributed by atoms with E-state index in [0.717, 1.165) is 25.0 Å². The molecular weight excluding hydrogens is 203 g/mol. The summed E-state index contributed by atoms with van der Waals surface area (Å²) < 4.78 is 38.3. The van der Waals surface area contributed by atoms with Crippen molar-refractivity contribution in [3.8, 4) is 0 Å². The topological polar surface area (TPSA) is 12.0 Å². The van der Waals surface area contributed by atoms with Gasteiger partial charge in [0.05, 0.1) is 0 Å². The minimum absolute atomic E-state index is 0.0986. The highest BCUT2D eigenvalue weighted by Crippen LogP contribution is 2.34. The fourth-order valence-corrected chi connectivity index (χ4v) is 1.39. The molecule has 15 heavy (non-hydrogen) atoms. The maximum Gasteiger partial charge on any atom is 0.194 e. The monoisotopic (exact) mass is 215 g/mol. The molecule has 1 aliphatic rings. The quantitative estimate of drug-likeness (QED) is 0.764. The minimum atomic E-state index is -1.41. The Bertz CT molecular complexity index is 362. The molecule has 0 bridgehead atoms. The van der Waals surface area contributed by atoms with E-state index >= 15 is 0 Å². The summed E-state index contributed by atoms with van der Waals surface area (Å²) in [5.41, 5.74) is 0.529. The highest BCUT2D eigenvalue weighted by Gasteiger charge is 2.36. The second-order valence-corrected chi connectivity index (χ2v) is 4.29. The molecule has 0 aliphatic heterocycles. The molecule has 4 heteroatoms. The van der Waals surface area contributed by atoms with Crippen LogP contribution in [0.1, 0.15) is 25.3 Å². The van der Waals surface area contributed by atoms with Gasteiger partial charge < -0.3 is 5.32 Å². The van der Waals surface area contributed by atoms with E-state index in [1.807, 2.05) is 6.92 Å². The summed E-state index contributed by atoms with van der Waals surface area (Å²) in [6.07, 6.45) is 2.14. The molecule has 1 fully saturated rings. The predicted molar refractivity (Wildman–Crippen MR) is 50.8 cm³/mol. The van der Waals surface area contributed by atoms with Gasteiger partial charge >= 0.3 is 0 Å². The molecule has 0 spiro atoms. The van der Waals surface area contributed by atoms with Gasteiger partial charge in [-0.05, 0) is 37.5 Å². The summed E-state index contributed by atoms with van der Waals surface area (Å²) >= 11 is 0. The van der Waals surface area contributed by atoms with Crippen LogP contribution in [0.4, 0.5) is 13.2 Å². The van der Waals surface area contributed by atoms with E-state index in [9.17, 15) is 13.2 Å². The Kier molecular flexibility index (Phi) is 2.46. The largest absolute Gasteiger partial charge is 0.307 e. The van der Waals surface area contributed by atoms with Crippen molar-refractivity contribution in [1.82, 2.24) is 5.32 Å². The van der Waals surface area contributed by atoms with Crippen LogP contribution < -0.4 is 5.32 Å². The van der Waals surface area contributed by atoms with Crippen LogP contribution in [0.25, 0.3) is 0 Å². The SMILES string of the molecule is CC1(NCc2cc(F)c(F)c(F)c2)CC1. The molecule has 1 aromatic carbocycles. The number of hydrogen-bond acceptors (Lipinski definition) is 1. The van der Waals surface area contributed by atoms with Crippen molar-refractivity contribution in [3.05, 3.63) is 35.1 Å². The van der Waals surface area contributed by atoms with Crippen LogP contribution in [0, 0.1) is 17.5 Å². The Morgan fingerprint density at radius 1 is 1.20 bits per heavy atom. The zero-order valence-electron chi connectivity index (χ0n) is 8.41. The maximum absolute atomic E-state index is 12.8. The van der Waals surface area contributed by atoms with Crippen molar-refractivity contribution in [2.45, 2.75) is 31.8 Å². The highest BCUT2D eigenvalue weighted by molar-refractivity contribution is 5.20. The minimum Gasteiger partial charge on any atom is -0.307 e. The number of rotatable bonds is 3. The third-order valence-electron chi connectivity index (χ3n) is 2.76. The summed E-state index contributed by atoms with van der Waals surface area (Å²) in [5, 5.41) is 3.17. The van der Waals surface area contributed by atoms with E-state index in [2.05, 4.69) is 5.32 Å². The zero-order chi connectivity index (χ0) is 11.1. The molecule has 1 aliphatic carbocycles. The fourth-order valence-electron chi connectivity index (χ4n) is 1.39. The molecule has 82 valence electrons. The van der Waals surface area contributed by atoms with Crippen LogP contribution in [0.5, 0.6) is 0 Å². The molecule has 0 unspecified atom stereocenters. The van der Waals surface area contributed by atoms with Crippen LogP contribution in [0.15, 0.2) is 12.1 Å². The molecule has 1 nitrogen and oxygen atoms in total. The second kappa shape index (κ2) is 3.52. The van der Waals surface area contributed by atoms with Gasteiger partial charge in [-0.1, -0.05) is 0 Å². The molecule has 1 N–H and O–H groups in total. The predicted octanol–water partition coefficient (Wildman–Crippen LogP) is 2.75. The first-order valence-electron chi connectivity index (χ1n) is 4.89. The lowest BCUT2D eigenvalue weighted by molar-refractivity contribution is 0.442. The third kappa shape index (κ3) is 2.31. The lowest BCUT2D eigenvalue weighted by atomic mass is 10.2. The first-order valence-corrected chi connectivity index (χ1v) is 4.89. The van der Waals surface area contributed by atoms with Crippen molar-refractivity contribution in [3.63, 3.8) is 0 Å². The first kappa shape index (κ1) is 10.5. The highest BCUT2D eigenvalue weighted by atomic mass is 19.2. The summed E-state index contributed by atoms with van der Waals surface area (Å²) in [7, 11) is 0. The summed E-state index contributed by atoms with van der Waals surface area (Å²) in [4.78, 5) is 0. The van der Waals surface area contributed by atoms with E-state index in [1.54, 1.807) is 0 Å². The molecular formula is C11H12F3N. The van der Waals surface area contributed by atoms with Crippen LogP contribution >= 0.6 is 0 Å². The van der Waals surface area contributed by atoms with E-state index < -0.39 is 17.5 Å². The Morgan fingerprint density at radius 2 is 1.73 bits per heavy atom. The van der Waals surface area contributed by atoms with Gasteiger partial charge in [0, 0.05) is 12.1 Å². The molecule has 0 atom stereocenters. The second-order valence-electron chi connectivity index (χ2n) is 4.29. The zero-order valence-corrected chi connectivity index (χ0v) is 8.41. The molecule has 0 saturated heterocycles. The molecule has 2 rings (SSSR count). The van der Waals surface area contributed by atoms with E-state index in [-0.39, 0.29) is 5.54 Å². The first-order chi connectivity index (χ1) is 7.00.